The standard InChI is InChI=1S/C21H22N4O/c26-21(14-24-20-10-4-3-9-18(20)22-23-24)25(16-12-13-16)19-11-5-7-15-6-1-2-8-17(15)19/h1-4,6,8-10,16,19H,5,7,11-14H2. The van der Waals surface area contributed by atoms with Crippen LogP contribution in [0.15, 0.2) is 48.5 Å². The van der Waals surface area contributed by atoms with Crippen molar-refractivity contribution < 1.29 is 4.79 Å². The van der Waals surface area contributed by atoms with Crippen molar-refractivity contribution >= 4 is 16.9 Å². The molecule has 5 nitrogen and oxygen atoms in total. The Balaban J connectivity index is 1.46. The Bertz CT molecular complexity index is 959. The summed E-state index contributed by atoms with van der Waals surface area (Å²) >= 11 is 0. The Morgan fingerprint density at radius 3 is 2.77 bits per heavy atom. The molecule has 3 aromatic rings. The lowest BCUT2D eigenvalue weighted by Crippen LogP contribution is -2.40. The summed E-state index contributed by atoms with van der Waals surface area (Å²) in [5, 5.41) is 8.39. The summed E-state index contributed by atoms with van der Waals surface area (Å²) in [6.45, 7) is 0.260. The third kappa shape index (κ3) is 2.68. The third-order valence-corrected chi connectivity index (χ3v) is 5.61. The molecular formula is C21H22N4O. The number of amides is 1. The van der Waals surface area contributed by atoms with E-state index in [-0.39, 0.29) is 18.5 Å². The Kier molecular flexibility index (Phi) is 3.73. The van der Waals surface area contributed by atoms with Crippen LogP contribution in [0.3, 0.4) is 0 Å². The number of benzene rings is 2. The fraction of sp³-hybridized carbons (Fsp3) is 0.381. The van der Waals surface area contributed by atoms with Crippen molar-refractivity contribution in [3.63, 3.8) is 0 Å². The van der Waals surface area contributed by atoms with E-state index in [1.807, 2.05) is 24.3 Å². The topological polar surface area (TPSA) is 51.0 Å². The zero-order valence-electron chi connectivity index (χ0n) is 14.7. The lowest BCUT2D eigenvalue weighted by molar-refractivity contribution is -0.135. The zero-order chi connectivity index (χ0) is 17.5. The van der Waals surface area contributed by atoms with Crippen molar-refractivity contribution in [2.45, 2.75) is 50.7 Å². The highest BCUT2D eigenvalue weighted by Crippen LogP contribution is 2.40. The van der Waals surface area contributed by atoms with Gasteiger partial charge in [0, 0.05) is 6.04 Å². The van der Waals surface area contributed by atoms with Gasteiger partial charge in [-0.25, -0.2) is 4.68 Å². The highest BCUT2D eigenvalue weighted by Gasteiger charge is 2.39. The molecule has 0 spiro atoms. The van der Waals surface area contributed by atoms with Gasteiger partial charge in [-0.15, -0.1) is 5.10 Å². The molecular weight excluding hydrogens is 324 g/mol. The second-order valence-corrected chi connectivity index (χ2v) is 7.37. The monoisotopic (exact) mass is 346 g/mol. The Hall–Kier alpha value is -2.69. The number of nitrogens with zero attached hydrogens (tertiary/aromatic N) is 4. The van der Waals surface area contributed by atoms with E-state index < -0.39 is 0 Å². The first-order chi connectivity index (χ1) is 12.8. The van der Waals surface area contributed by atoms with E-state index in [2.05, 4.69) is 39.5 Å². The summed E-state index contributed by atoms with van der Waals surface area (Å²) in [5.74, 6) is 0.157. The number of para-hydroxylation sites is 1. The molecule has 1 atom stereocenters. The van der Waals surface area contributed by atoms with Gasteiger partial charge in [-0.2, -0.15) is 0 Å². The minimum absolute atomic E-state index is 0.157. The molecule has 26 heavy (non-hydrogen) atoms. The summed E-state index contributed by atoms with van der Waals surface area (Å²) in [5.41, 5.74) is 4.48. The largest absolute Gasteiger partial charge is 0.331 e. The Labute approximate surface area is 152 Å². The Morgan fingerprint density at radius 1 is 1.08 bits per heavy atom. The molecule has 1 heterocycles. The van der Waals surface area contributed by atoms with Crippen LogP contribution in [0.25, 0.3) is 11.0 Å². The molecule has 5 heteroatoms. The van der Waals surface area contributed by atoms with Crippen LogP contribution in [0.4, 0.5) is 0 Å². The van der Waals surface area contributed by atoms with Gasteiger partial charge in [0.1, 0.15) is 12.1 Å². The molecule has 1 saturated carbocycles. The van der Waals surface area contributed by atoms with E-state index in [9.17, 15) is 4.79 Å². The van der Waals surface area contributed by atoms with Crippen LogP contribution in [0.1, 0.15) is 42.9 Å². The molecule has 5 rings (SSSR count). The van der Waals surface area contributed by atoms with Crippen LogP contribution in [-0.2, 0) is 17.8 Å². The minimum atomic E-state index is 0.157. The maximum Gasteiger partial charge on any atom is 0.245 e. The molecule has 1 unspecified atom stereocenters. The average Bonchev–Trinajstić information content (AvgIpc) is 3.43. The van der Waals surface area contributed by atoms with Crippen molar-refractivity contribution in [1.82, 2.24) is 19.9 Å². The van der Waals surface area contributed by atoms with Crippen molar-refractivity contribution in [3.8, 4) is 0 Å². The van der Waals surface area contributed by atoms with E-state index in [1.54, 1.807) is 4.68 Å². The van der Waals surface area contributed by atoms with Crippen LogP contribution in [0, 0.1) is 0 Å². The lowest BCUT2D eigenvalue weighted by Gasteiger charge is -2.36. The number of fused-ring (bicyclic) bond motifs is 2. The van der Waals surface area contributed by atoms with Crippen molar-refractivity contribution in [1.29, 1.82) is 0 Å². The van der Waals surface area contributed by atoms with Crippen LogP contribution in [0.2, 0.25) is 0 Å². The molecule has 1 fully saturated rings. The molecule has 0 radical (unpaired) electrons. The molecule has 132 valence electrons. The van der Waals surface area contributed by atoms with Gasteiger partial charge in [-0.05, 0) is 55.4 Å². The predicted molar refractivity (Wildman–Crippen MR) is 99.5 cm³/mol. The summed E-state index contributed by atoms with van der Waals surface area (Å²) in [6.07, 6.45) is 5.54. The van der Waals surface area contributed by atoms with Gasteiger partial charge < -0.3 is 4.90 Å². The lowest BCUT2D eigenvalue weighted by atomic mass is 9.86. The number of hydrogen-bond acceptors (Lipinski definition) is 3. The maximum atomic E-state index is 13.3. The highest BCUT2D eigenvalue weighted by molar-refractivity contribution is 5.80. The number of carbonyl (C=O) groups is 1. The molecule has 2 aliphatic carbocycles. The summed E-state index contributed by atoms with van der Waals surface area (Å²) in [7, 11) is 0. The highest BCUT2D eigenvalue weighted by atomic mass is 16.2. The van der Waals surface area contributed by atoms with Gasteiger partial charge in [-0.3, -0.25) is 4.79 Å². The van der Waals surface area contributed by atoms with Gasteiger partial charge in [0.25, 0.3) is 0 Å². The number of carbonyl (C=O) groups excluding carboxylic acids is 1. The molecule has 2 aliphatic rings. The van der Waals surface area contributed by atoms with Crippen LogP contribution in [-0.4, -0.2) is 31.8 Å². The van der Waals surface area contributed by atoms with Gasteiger partial charge in [-0.1, -0.05) is 41.6 Å². The van der Waals surface area contributed by atoms with Crippen LogP contribution >= 0.6 is 0 Å². The van der Waals surface area contributed by atoms with Crippen LogP contribution in [0.5, 0.6) is 0 Å². The van der Waals surface area contributed by atoms with Crippen molar-refractivity contribution in [2.75, 3.05) is 0 Å². The van der Waals surface area contributed by atoms with E-state index in [1.165, 1.54) is 11.1 Å². The molecule has 0 saturated heterocycles. The quantitative estimate of drug-likeness (QED) is 0.726. The minimum Gasteiger partial charge on any atom is -0.331 e. The van der Waals surface area contributed by atoms with Gasteiger partial charge in [0.15, 0.2) is 0 Å². The molecule has 0 aliphatic heterocycles. The fourth-order valence-corrected chi connectivity index (χ4v) is 4.25. The number of rotatable bonds is 4. The summed E-state index contributed by atoms with van der Waals surface area (Å²) in [6, 6.07) is 17.0. The van der Waals surface area contributed by atoms with Crippen molar-refractivity contribution in [3.05, 3.63) is 59.7 Å². The molecule has 0 bridgehead atoms. The Morgan fingerprint density at radius 2 is 1.88 bits per heavy atom. The first-order valence-electron chi connectivity index (χ1n) is 9.48. The number of hydrogen-bond donors (Lipinski definition) is 0. The number of aryl methyl sites for hydroxylation is 1. The first-order valence-corrected chi connectivity index (χ1v) is 9.48. The molecule has 1 aromatic heterocycles. The second kappa shape index (κ2) is 6.24. The summed E-state index contributed by atoms with van der Waals surface area (Å²) in [4.78, 5) is 15.4. The van der Waals surface area contributed by atoms with E-state index in [0.29, 0.717) is 6.04 Å². The number of aromatic nitrogens is 3. The van der Waals surface area contributed by atoms with Crippen molar-refractivity contribution in [2.24, 2.45) is 0 Å². The third-order valence-electron chi connectivity index (χ3n) is 5.61. The SMILES string of the molecule is O=C(Cn1nnc2ccccc21)N(C1CC1)C1CCCc2ccccc21. The summed E-state index contributed by atoms with van der Waals surface area (Å²) < 4.78 is 1.74. The molecule has 1 amide bonds. The zero-order valence-corrected chi connectivity index (χ0v) is 14.7. The van der Waals surface area contributed by atoms with E-state index >= 15 is 0 Å². The van der Waals surface area contributed by atoms with Gasteiger partial charge in [0.2, 0.25) is 5.91 Å². The maximum absolute atomic E-state index is 13.3. The normalized spacial score (nSPS) is 19.3. The van der Waals surface area contributed by atoms with E-state index in [0.717, 1.165) is 43.1 Å². The smallest absolute Gasteiger partial charge is 0.245 e. The van der Waals surface area contributed by atoms with Gasteiger partial charge in [0.05, 0.1) is 11.6 Å². The fourth-order valence-electron chi connectivity index (χ4n) is 4.25. The average molecular weight is 346 g/mol. The predicted octanol–water partition coefficient (Wildman–Crippen LogP) is 3.50. The van der Waals surface area contributed by atoms with E-state index in [4.69, 9.17) is 0 Å². The molecule has 2 aromatic carbocycles. The molecule has 0 N–H and O–H groups in total. The van der Waals surface area contributed by atoms with Gasteiger partial charge >= 0.3 is 0 Å². The first kappa shape index (κ1) is 15.6. The second-order valence-electron chi connectivity index (χ2n) is 7.37. The van der Waals surface area contributed by atoms with Crippen LogP contribution < -0.4 is 0 Å².